The molecule has 0 radical (unpaired) electrons. The Balaban J connectivity index is 1.86. The molecule has 0 aliphatic rings. The maximum atomic E-state index is 11.3. The molecule has 1 N–H and O–H groups in total. The van der Waals surface area contributed by atoms with Crippen LogP contribution < -0.4 is 4.74 Å². The minimum atomic E-state index is -0.956. The highest BCUT2D eigenvalue weighted by atomic mass is 16.5. The maximum Gasteiger partial charge on any atom is 0.335 e. The van der Waals surface area contributed by atoms with Gasteiger partial charge in [0.15, 0.2) is 0 Å². The molecular formula is C22H18N2O3. The molecule has 27 heavy (non-hydrogen) atoms. The molecule has 0 saturated carbocycles. The smallest absolute Gasteiger partial charge is 0.335 e. The van der Waals surface area contributed by atoms with Crippen molar-refractivity contribution in [3.05, 3.63) is 83.9 Å². The second kappa shape index (κ2) is 6.96. The van der Waals surface area contributed by atoms with Crippen LogP contribution >= 0.6 is 0 Å². The van der Waals surface area contributed by atoms with Crippen molar-refractivity contribution in [2.45, 2.75) is 6.54 Å². The second-order valence-corrected chi connectivity index (χ2v) is 6.24. The summed E-state index contributed by atoms with van der Waals surface area (Å²) in [5.41, 5.74) is 3.89. The van der Waals surface area contributed by atoms with Gasteiger partial charge in [0.2, 0.25) is 0 Å². The molecule has 0 spiro atoms. The summed E-state index contributed by atoms with van der Waals surface area (Å²) in [5.74, 6) is 0.662. The number of hydrogen-bond acceptors (Lipinski definition) is 3. The van der Waals surface area contributed by atoms with Gasteiger partial charge in [-0.25, -0.2) is 9.78 Å². The Hall–Kier alpha value is -3.60. The number of nitrogens with zero attached hydrogens (tertiary/aromatic N) is 2. The molecule has 0 atom stereocenters. The number of rotatable bonds is 5. The van der Waals surface area contributed by atoms with E-state index in [0.717, 1.165) is 28.2 Å². The lowest BCUT2D eigenvalue weighted by molar-refractivity contribution is 0.0697. The number of carboxylic acids is 1. The van der Waals surface area contributed by atoms with Crippen LogP contribution in [-0.2, 0) is 6.54 Å². The van der Waals surface area contributed by atoms with Gasteiger partial charge in [-0.15, -0.1) is 0 Å². The lowest BCUT2D eigenvalue weighted by atomic mass is 10.1. The van der Waals surface area contributed by atoms with E-state index >= 15 is 0 Å². The van der Waals surface area contributed by atoms with Gasteiger partial charge < -0.3 is 14.4 Å². The zero-order valence-corrected chi connectivity index (χ0v) is 14.8. The van der Waals surface area contributed by atoms with E-state index in [1.54, 1.807) is 19.2 Å². The van der Waals surface area contributed by atoms with Gasteiger partial charge in [0, 0.05) is 12.1 Å². The molecule has 0 aliphatic heterocycles. The van der Waals surface area contributed by atoms with Crippen LogP contribution in [0, 0.1) is 0 Å². The van der Waals surface area contributed by atoms with Gasteiger partial charge in [-0.05, 0) is 35.9 Å². The van der Waals surface area contributed by atoms with E-state index < -0.39 is 5.97 Å². The first-order chi connectivity index (χ1) is 13.2. The third-order valence-electron chi connectivity index (χ3n) is 4.53. The predicted octanol–water partition coefficient (Wildman–Crippen LogP) is 4.46. The molecule has 4 rings (SSSR count). The zero-order valence-electron chi connectivity index (χ0n) is 14.8. The molecule has 5 nitrogen and oxygen atoms in total. The van der Waals surface area contributed by atoms with Gasteiger partial charge in [-0.2, -0.15) is 0 Å². The highest BCUT2D eigenvalue weighted by Gasteiger charge is 2.15. The summed E-state index contributed by atoms with van der Waals surface area (Å²) in [7, 11) is 1.64. The molecule has 0 amide bonds. The monoisotopic (exact) mass is 358 g/mol. The van der Waals surface area contributed by atoms with Crippen molar-refractivity contribution < 1.29 is 14.6 Å². The number of aromatic nitrogens is 2. The lowest BCUT2D eigenvalue weighted by Gasteiger charge is -2.10. The normalized spacial score (nSPS) is 10.9. The Morgan fingerprint density at radius 3 is 2.44 bits per heavy atom. The van der Waals surface area contributed by atoms with Crippen molar-refractivity contribution in [3.63, 3.8) is 0 Å². The number of hydrogen-bond donors (Lipinski definition) is 1. The summed E-state index contributed by atoms with van der Waals surface area (Å²) >= 11 is 0. The van der Waals surface area contributed by atoms with Crippen LogP contribution in [0.2, 0.25) is 0 Å². The van der Waals surface area contributed by atoms with Crippen LogP contribution in [0.3, 0.4) is 0 Å². The molecule has 5 heteroatoms. The fourth-order valence-corrected chi connectivity index (χ4v) is 3.14. The standard InChI is InChI=1S/C22H18N2O3/c1-27-18-10-7-15(8-11-18)14-24-20-12-9-17(22(25)26)13-19(20)23-21(24)16-5-3-2-4-6-16/h2-13H,14H2,1H3,(H,25,26). The summed E-state index contributed by atoms with van der Waals surface area (Å²) in [6.45, 7) is 0.622. The van der Waals surface area contributed by atoms with Crippen molar-refractivity contribution in [3.8, 4) is 17.1 Å². The number of aromatic carboxylic acids is 1. The number of methoxy groups -OCH3 is 1. The Labute approximate surface area is 156 Å². The van der Waals surface area contributed by atoms with Crippen LogP contribution in [0.5, 0.6) is 5.75 Å². The fourth-order valence-electron chi connectivity index (χ4n) is 3.14. The van der Waals surface area contributed by atoms with Gasteiger partial charge in [-0.3, -0.25) is 0 Å². The summed E-state index contributed by atoms with van der Waals surface area (Å²) < 4.78 is 7.34. The lowest BCUT2D eigenvalue weighted by Crippen LogP contribution is -2.02. The van der Waals surface area contributed by atoms with Crippen LogP contribution in [0.15, 0.2) is 72.8 Å². The minimum absolute atomic E-state index is 0.233. The highest BCUT2D eigenvalue weighted by Crippen LogP contribution is 2.27. The Bertz CT molecular complexity index is 1100. The van der Waals surface area contributed by atoms with Crippen LogP contribution in [0.4, 0.5) is 0 Å². The van der Waals surface area contributed by atoms with Crippen molar-refractivity contribution in [2.24, 2.45) is 0 Å². The quantitative estimate of drug-likeness (QED) is 0.572. The van der Waals surface area contributed by atoms with Gasteiger partial charge >= 0.3 is 5.97 Å². The summed E-state index contributed by atoms with van der Waals surface area (Å²) in [5, 5.41) is 9.28. The Morgan fingerprint density at radius 2 is 1.78 bits per heavy atom. The Morgan fingerprint density at radius 1 is 1.04 bits per heavy atom. The summed E-state index contributed by atoms with van der Waals surface area (Å²) in [4.78, 5) is 16.0. The third kappa shape index (κ3) is 3.27. The first-order valence-electron chi connectivity index (χ1n) is 8.57. The molecule has 0 unspecified atom stereocenters. The van der Waals surface area contributed by atoms with Crippen LogP contribution in [0.1, 0.15) is 15.9 Å². The number of ether oxygens (including phenoxy) is 1. The van der Waals surface area contributed by atoms with E-state index in [0.29, 0.717) is 12.1 Å². The van der Waals surface area contributed by atoms with Gasteiger partial charge in [0.05, 0.1) is 23.7 Å². The number of carboxylic acid groups (broad SMARTS) is 1. The van der Waals surface area contributed by atoms with E-state index in [2.05, 4.69) is 4.57 Å². The molecule has 0 saturated heterocycles. The average Bonchev–Trinajstić information content (AvgIpc) is 3.07. The second-order valence-electron chi connectivity index (χ2n) is 6.24. The van der Waals surface area contributed by atoms with E-state index in [-0.39, 0.29) is 5.56 Å². The molecule has 0 fully saturated rings. The maximum absolute atomic E-state index is 11.3. The summed E-state index contributed by atoms with van der Waals surface area (Å²) in [6, 6.07) is 22.9. The fraction of sp³-hybridized carbons (Fsp3) is 0.0909. The third-order valence-corrected chi connectivity index (χ3v) is 4.53. The SMILES string of the molecule is COc1ccc(Cn2c(-c3ccccc3)nc3cc(C(=O)O)ccc32)cc1. The van der Waals surface area contributed by atoms with Crippen molar-refractivity contribution >= 4 is 17.0 Å². The van der Waals surface area contributed by atoms with Crippen molar-refractivity contribution in [1.29, 1.82) is 0 Å². The summed E-state index contributed by atoms with van der Waals surface area (Å²) in [6.07, 6.45) is 0. The Kier molecular flexibility index (Phi) is 4.34. The number of fused-ring (bicyclic) bond motifs is 1. The van der Waals surface area contributed by atoms with E-state index in [1.807, 2.05) is 60.7 Å². The zero-order chi connectivity index (χ0) is 18.8. The number of carbonyl (C=O) groups is 1. The van der Waals surface area contributed by atoms with Crippen LogP contribution in [0.25, 0.3) is 22.4 Å². The first-order valence-corrected chi connectivity index (χ1v) is 8.57. The van der Waals surface area contributed by atoms with Gasteiger partial charge in [0.1, 0.15) is 11.6 Å². The van der Waals surface area contributed by atoms with E-state index in [1.165, 1.54) is 0 Å². The molecule has 4 aromatic rings. The molecule has 0 bridgehead atoms. The molecule has 134 valence electrons. The minimum Gasteiger partial charge on any atom is -0.497 e. The molecule has 0 aliphatic carbocycles. The first kappa shape index (κ1) is 16.8. The molecule has 1 aromatic heterocycles. The average molecular weight is 358 g/mol. The molecule has 1 heterocycles. The highest BCUT2D eigenvalue weighted by molar-refractivity contribution is 5.93. The van der Waals surface area contributed by atoms with Crippen molar-refractivity contribution in [1.82, 2.24) is 9.55 Å². The molecular weight excluding hydrogens is 340 g/mol. The van der Waals surface area contributed by atoms with Gasteiger partial charge in [0.25, 0.3) is 0 Å². The topological polar surface area (TPSA) is 64.4 Å². The molecule has 3 aromatic carbocycles. The number of imidazole rings is 1. The van der Waals surface area contributed by atoms with Gasteiger partial charge in [-0.1, -0.05) is 42.5 Å². The van der Waals surface area contributed by atoms with Crippen molar-refractivity contribution in [2.75, 3.05) is 7.11 Å². The van der Waals surface area contributed by atoms with E-state index in [4.69, 9.17) is 9.72 Å². The van der Waals surface area contributed by atoms with E-state index in [9.17, 15) is 9.90 Å². The van der Waals surface area contributed by atoms with Crippen LogP contribution in [-0.4, -0.2) is 27.7 Å². The predicted molar refractivity (Wildman–Crippen MR) is 104 cm³/mol. The number of benzene rings is 3. The largest absolute Gasteiger partial charge is 0.497 e.